The number of hydrogen-bond acceptors (Lipinski definition) is 1. The Kier molecular flexibility index (Phi) is 3.37. The molecule has 1 aromatic heterocycles. The Morgan fingerprint density at radius 3 is 1.95 bits per heavy atom. The Hall–Kier alpha value is -1.63. The molecule has 19 heavy (non-hydrogen) atoms. The lowest BCUT2D eigenvalue weighted by molar-refractivity contribution is 0.569. The van der Waals surface area contributed by atoms with Gasteiger partial charge in [-0.15, -0.1) is 0 Å². The van der Waals surface area contributed by atoms with Crippen molar-refractivity contribution in [2.45, 2.75) is 45.9 Å². The zero-order valence-corrected chi connectivity index (χ0v) is 12.5. The fourth-order valence-corrected chi connectivity index (χ4v) is 2.00. The maximum Gasteiger partial charge on any atom is 0.0457 e. The van der Waals surface area contributed by atoms with Crippen molar-refractivity contribution < 1.29 is 1.37 Å². The molecule has 2 rings (SSSR count). The Morgan fingerprint density at radius 1 is 0.947 bits per heavy atom. The molecule has 1 aromatic carbocycles. The van der Waals surface area contributed by atoms with E-state index in [1.165, 1.54) is 0 Å². The van der Waals surface area contributed by atoms with Gasteiger partial charge in [-0.2, -0.15) is 0 Å². The smallest absolute Gasteiger partial charge is 0.0457 e. The minimum atomic E-state index is -0.549. The summed E-state index contributed by atoms with van der Waals surface area (Å²) in [5.41, 5.74) is 4.47. The van der Waals surface area contributed by atoms with Gasteiger partial charge in [0, 0.05) is 24.2 Å². The summed E-state index contributed by atoms with van der Waals surface area (Å²) >= 11 is 0. The van der Waals surface area contributed by atoms with Gasteiger partial charge in [-0.3, -0.25) is 4.98 Å². The van der Waals surface area contributed by atoms with Crippen molar-refractivity contribution in [1.82, 2.24) is 4.98 Å². The number of hydrogen-bond donors (Lipinski definition) is 0. The Morgan fingerprint density at radius 2 is 1.53 bits per heavy atom. The van der Waals surface area contributed by atoms with E-state index in [0.29, 0.717) is 0 Å². The molecule has 0 bridgehead atoms. The maximum atomic E-state index is 8.03. The molecular formula is C18H23N. The van der Waals surface area contributed by atoms with Crippen molar-refractivity contribution >= 4 is 0 Å². The van der Waals surface area contributed by atoms with Gasteiger partial charge in [-0.05, 0) is 23.1 Å². The van der Waals surface area contributed by atoms with E-state index in [2.05, 4.69) is 50.0 Å². The summed E-state index contributed by atoms with van der Waals surface area (Å²) in [4.78, 5) is 4.56. The van der Waals surface area contributed by atoms with Crippen LogP contribution in [0.3, 0.4) is 0 Å². The first-order chi connectivity index (χ1) is 9.18. The second-order valence-electron chi connectivity index (χ2n) is 6.26. The average molecular weight is 255 g/mol. The van der Waals surface area contributed by atoms with Crippen LogP contribution in [-0.2, 0) is 5.41 Å². The summed E-state index contributed by atoms with van der Waals surface area (Å²) in [6.45, 7) is 10.3. The fourth-order valence-electron chi connectivity index (χ4n) is 2.00. The van der Waals surface area contributed by atoms with Crippen LogP contribution in [0.4, 0.5) is 0 Å². The molecule has 0 aliphatic carbocycles. The van der Waals surface area contributed by atoms with Gasteiger partial charge in [0.15, 0.2) is 0 Å². The minimum Gasteiger partial charge on any atom is -0.260 e. The lowest BCUT2D eigenvalue weighted by Crippen LogP contribution is -2.12. The van der Waals surface area contributed by atoms with Crippen molar-refractivity contribution in [3.8, 4) is 11.1 Å². The molecule has 0 saturated heterocycles. The third kappa shape index (κ3) is 3.23. The molecule has 1 heterocycles. The second-order valence-corrected chi connectivity index (χ2v) is 6.26. The third-order valence-electron chi connectivity index (χ3n) is 3.33. The van der Waals surface area contributed by atoms with E-state index >= 15 is 0 Å². The van der Waals surface area contributed by atoms with Crippen molar-refractivity contribution in [3.05, 3.63) is 53.9 Å². The third-order valence-corrected chi connectivity index (χ3v) is 3.33. The Balaban J connectivity index is 2.29. The van der Waals surface area contributed by atoms with E-state index in [-0.39, 0.29) is 5.41 Å². The summed E-state index contributed by atoms with van der Waals surface area (Å²) in [5.74, 6) is -0.549. The molecule has 0 atom stereocenters. The van der Waals surface area contributed by atoms with Gasteiger partial charge < -0.3 is 0 Å². The first kappa shape index (κ1) is 12.4. The van der Waals surface area contributed by atoms with Crippen LogP contribution in [0.2, 0.25) is 0 Å². The molecule has 2 aromatic rings. The van der Waals surface area contributed by atoms with Crippen LogP contribution in [0.5, 0.6) is 0 Å². The molecular weight excluding hydrogens is 230 g/mol. The van der Waals surface area contributed by atoms with E-state index in [1.54, 1.807) is 0 Å². The van der Waals surface area contributed by atoms with E-state index in [1.807, 2.05) is 32.2 Å². The van der Waals surface area contributed by atoms with Gasteiger partial charge in [-0.25, -0.2) is 0 Å². The average Bonchev–Trinajstić information content (AvgIpc) is 2.37. The first-order valence-corrected chi connectivity index (χ1v) is 6.75. The number of pyridine rings is 1. The summed E-state index contributed by atoms with van der Waals surface area (Å²) in [7, 11) is 0. The Labute approximate surface area is 118 Å². The van der Waals surface area contributed by atoms with Gasteiger partial charge >= 0.3 is 0 Å². The van der Waals surface area contributed by atoms with E-state index in [9.17, 15) is 0 Å². The zero-order chi connectivity index (χ0) is 15.0. The summed E-state index contributed by atoms with van der Waals surface area (Å²) in [5, 5.41) is 0. The molecule has 0 spiro atoms. The standard InChI is InChI=1S/C18H23N/c1-13(2)14-6-8-15(9-7-14)16-10-11-17(19-12-16)18(3,4)5/h6-13H,1-5H3/i13T. The first-order valence-electron chi connectivity index (χ1n) is 7.25. The van der Waals surface area contributed by atoms with Gasteiger partial charge in [-0.1, -0.05) is 65.0 Å². The molecule has 0 N–H and O–H groups in total. The predicted octanol–water partition coefficient (Wildman–Crippen LogP) is 5.17. The van der Waals surface area contributed by atoms with E-state index in [0.717, 1.165) is 22.4 Å². The van der Waals surface area contributed by atoms with Crippen molar-refractivity contribution in [2.75, 3.05) is 0 Å². The monoisotopic (exact) mass is 255 g/mol. The molecule has 0 unspecified atom stereocenters. The topological polar surface area (TPSA) is 12.9 Å². The minimum absolute atomic E-state index is 0.0810. The highest BCUT2D eigenvalue weighted by molar-refractivity contribution is 5.62. The fraction of sp³-hybridized carbons (Fsp3) is 0.389. The molecule has 0 saturated carbocycles. The number of rotatable bonds is 2. The number of aromatic nitrogens is 1. The highest BCUT2D eigenvalue weighted by Crippen LogP contribution is 2.25. The van der Waals surface area contributed by atoms with Gasteiger partial charge in [0.05, 0.1) is 0 Å². The molecule has 1 nitrogen and oxygen atoms in total. The van der Waals surface area contributed by atoms with E-state index < -0.39 is 5.89 Å². The molecule has 1 heteroatoms. The van der Waals surface area contributed by atoms with Gasteiger partial charge in [0.2, 0.25) is 0 Å². The van der Waals surface area contributed by atoms with Crippen molar-refractivity contribution in [1.29, 1.82) is 0 Å². The molecule has 0 aliphatic heterocycles. The zero-order valence-electron chi connectivity index (χ0n) is 13.5. The van der Waals surface area contributed by atoms with Crippen molar-refractivity contribution in [2.24, 2.45) is 0 Å². The van der Waals surface area contributed by atoms with Gasteiger partial charge in [0.25, 0.3) is 0 Å². The predicted molar refractivity (Wildman–Crippen MR) is 82.5 cm³/mol. The molecule has 0 amide bonds. The summed E-state index contributed by atoms with van der Waals surface area (Å²) in [6, 6.07) is 12.4. The van der Waals surface area contributed by atoms with Crippen LogP contribution < -0.4 is 0 Å². The number of nitrogens with zero attached hydrogens (tertiary/aromatic N) is 1. The molecule has 0 fully saturated rings. The lowest BCUT2D eigenvalue weighted by Gasteiger charge is -2.17. The molecule has 100 valence electrons. The normalized spacial score (nSPS) is 13.2. The highest BCUT2D eigenvalue weighted by atomic mass is 14.7. The highest BCUT2D eigenvalue weighted by Gasteiger charge is 2.14. The molecule has 0 radical (unpaired) electrons. The van der Waals surface area contributed by atoms with Crippen LogP contribution in [0.15, 0.2) is 42.6 Å². The Bertz CT molecular complexity index is 513. The van der Waals surface area contributed by atoms with Crippen LogP contribution >= 0.6 is 0 Å². The molecule has 0 aliphatic rings. The van der Waals surface area contributed by atoms with Crippen LogP contribution in [0, 0.1) is 0 Å². The lowest BCUT2D eigenvalue weighted by atomic mass is 9.91. The van der Waals surface area contributed by atoms with Crippen LogP contribution in [0.25, 0.3) is 11.1 Å². The summed E-state index contributed by atoms with van der Waals surface area (Å²) < 4.78 is 8.03. The largest absolute Gasteiger partial charge is 0.260 e. The second kappa shape index (κ2) is 5.16. The maximum absolute atomic E-state index is 8.03. The summed E-state index contributed by atoms with van der Waals surface area (Å²) in [6.07, 6.45) is 1.93. The van der Waals surface area contributed by atoms with Crippen LogP contribution in [-0.4, -0.2) is 4.98 Å². The number of benzene rings is 1. The quantitative estimate of drug-likeness (QED) is 0.721. The van der Waals surface area contributed by atoms with Crippen LogP contribution in [0.1, 0.15) is 53.1 Å². The SMILES string of the molecule is [3H]C(C)(C)c1ccc(-c2ccc(C(C)(C)C)nc2)cc1. The van der Waals surface area contributed by atoms with Gasteiger partial charge in [0.1, 0.15) is 0 Å². The van der Waals surface area contributed by atoms with Crippen molar-refractivity contribution in [3.63, 3.8) is 0 Å². The van der Waals surface area contributed by atoms with E-state index in [4.69, 9.17) is 1.37 Å².